The number of ether oxygens (including phenoxy) is 1. The number of benzene rings is 2. The van der Waals surface area contributed by atoms with E-state index in [0.717, 1.165) is 21.3 Å². The summed E-state index contributed by atoms with van der Waals surface area (Å²) in [6.07, 6.45) is 0.0979. The summed E-state index contributed by atoms with van der Waals surface area (Å²) in [6, 6.07) is 13.8. The third-order valence-corrected chi connectivity index (χ3v) is 4.24. The molecule has 19 heavy (non-hydrogen) atoms. The van der Waals surface area contributed by atoms with Crippen molar-refractivity contribution in [1.29, 1.82) is 0 Å². The van der Waals surface area contributed by atoms with Crippen LogP contribution in [0.15, 0.2) is 46.9 Å². The van der Waals surface area contributed by atoms with Gasteiger partial charge in [0.25, 0.3) is 0 Å². The summed E-state index contributed by atoms with van der Waals surface area (Å²) in [5.74, 6) is 0.799. The first-order chi connectivity index (χ1) is 9.10. The number of halogens is 2. The molecule has 0 saturated heterocycles. The van der Waals surface area contributed by atoms with E-state index in [2.05, 4.69) is 38.5 Å². The first-order valence-electron chi connectivity index (χ1n) is 5.86. The minimum atomic E-state index is -0.489. The van der Waals surface area contributed by atoms with E-state index in [9.17, 15) is 5.11 Å². The van der Waals surface area contributed by atoms with E-state index in [1.54, 1.807) is 7.11 Å². The molecule has 100 valence electrons. The van der Waals surface area contributed by atoms with Gasteiger partial charge in [0.1, 0.15) is 5.75 Å². The van der Waals surface area contributed by atoms with Crippen LogP contribution in [0, 0.1) is 3.57 Å². The highest BCUT2D eigenvalue weighted by atomic mass is 127. The van der Waals surface area contributed by atoms with E-state index >= 15 is 0 Å². The van der Waals surface area contributed by atoms with Crippen LogP contribution in [0.2, 0.25) is 0 Å². The monoisotopic (exact) mass is 432 g/mol. The Kier molecular flexibility index (Phi) is 5.24. The molecule has 0 amide bonds. The van der Waals surface area contributed by atoms with Gasteiger partial charge in [-0.3, -0.25) is 0 Å². The topological polar surface area (TPSA) is 29.5 Å². The lowest BCUT2D eigenvalue weighted by molar-refractivity contribution is 0.178. The summed E-state index contributed by atoms with van der Waals surface area (Å²) in [6.45, 7) is 0. The normalized spacial score (nSPS) is 12.2. The molecule has 0 fully saturated rings. The van der Waals surface area contributed by atoms with Crippen molar-refractivity contribution >= 4 is 38.5 Å². The van der Waals surface area contributed by atoms with Crippen molar-refractivity contribution in [2.45, 2.75) is 12.5 Å². The van der Waals surface area contributed by atoms with Crippen molar-refractivity contribution in [3.05, 3.63) is 61.6 Å². The van der Waals surface area contributed by atoms with Gasteiger partial charge in [-0.15, -0.1) is 0 Å². The summed E-state index contributed by atoms with van der Waals surface area (Å²) >= 11 is 5.71. The van der Waals surface area contributed by atoms with Gasteiger partial charge in [-0.1, -0.05) is 18.2 Å². The maximum Gasteiger partial charge on any atom is 0.133 e. The summed E-state index contributed by atoms with van der Waals surface area (Å²) in [7, 11) is 1.64. The van der Waals surface area contributed by atoms with Crippen LogP contribution in [-0.2, 0) is 6.42 Å². The first-order valence-corrected chi connectivity index (χ1v) is 7.73. The second-order valence-corrected chi connectivity index (χ2v) is 6.34. The number of hydrogen-bond donors (Lipinski definition) is 1. The Morgan fingerprint density at radius 2 is 1.89 bits per heavy atom. The zero-order chi connectivity index (χ0) is 13.8. The molecule has 1 N–H and O–H groups in total. The zero-order valence-electron chi connectivity index (χ0n) is 10.4. The van der Waals surface area contributed by atoms with Gasteiger partial charge in [-0.2, -0.15) is 0 Å². The van der Waals surface area contributed by atoms with Gasteiger partial charge >= 0.3 is 0 Å². The molecule has 1 unspecified atom stereocenters. The van der Waals surface area contributed by atoms with Gasteiger partial charge in [0.05, 0.1) is 17.7 Å². The molecule has 0 aromatic heterocycles. The van der Waals surface area contributed by atoms with Crippen LogP contribution in [-0.4, -0.2) is 12.2 Å². The molecule has 1 atom stereocenters. The molecule has 0 aliphatic rings. The molecule has 2 rings (SSSR count). The van der Waals surface area contributed by atoms with Crippen molar-refractivity contribution in [2.75, 3.05) is 7.11 Å². The molecule has 0 spiro atoms. The molecule has 4 heteroatoms. The lowest BCUT2D eigenvalue weighted by Gasteiger charge is -2.12. The molecular formula is C15H14BrIO2. The Balaban J connectivity index is 2.12. The van der Waals surface area contributed by atoms with Crippen LogP contribution in [0.25, 0.3) is 0 Å². The van der Waals surface area contributed by atoms with Gasteiger partial charge in [0.2, 0.25) is 0 Å². The highest BCUT2D eigenvalue weighted by molar-refractivity contribution is 14.1. The van der Waals surface area contributed by atoms with Crippen molar-refractivity contribution in [1.82, 2.24) is 0 Å². The van der Waals surface area contributed by atoms with E-state index in [4.69, 9.17) is 4.74 Å². The van der Waals surface area contributed by atoms with E-state index in [1.165, 1.54) is 3.57 Å². The van der Waals surface area contributed by atoms with Crippen LogP contribution in [0.5, 0.6) is 5.75 Å². The van der Waals surface area contributed by atoms with Crippen LogP contribution >= 0.6 is 38.5 Å². The number of methoxy groups -OCH3 is 1. The highest BCUT2D eigenvalue weighted by Crippen LogP contribution is 2.28. The zero-order valence-corrected chi connectivity index (χ0v) is 14.2. The van der Waals surface area contributed by atoms with Crippen LogP contribution in [0.4, 0.5) is 0 Å². The maximum atomic E-state index is 10.2. The van der Waals surface area contributed by atoms with Crippen molar-refractivity contribution in [3.8, 4) is 5.75 Å². The Hall–Kier alpha value is -0.590. The summed E-state index contributed by atoms with van der Waals surface area (Å²) in [5, 5.41) is 10.2. The van der Waals surface area contributed by atoms with E-state index in [0.29, 0.717) is 6.42 Å². The van der Waals surface area contributed by atoms with Crippen LogP contribution < -0.4 is 4.74 Å². The predicted molar refractivity (Wildman–Crippen MR) is 88.5 cm³/mol. The third kappa shape index (κ3) is 3.94. The maximum absolute atomic E-state index is 10.2. The molecule has 0 aliphatic heterocycles. The SMILES string of the molecule is COc1ccc(CC(O)c2ccc(I)cc2)cc1Br. The summed E-state index contributed by atoms with van der Waals surface area (Å²) < 4.78 is 7.26. The third-order valence-electron chi connectivity index (χ3n) is 2.90. The average molecular weight is 433 g/mol. The fraction of sp³-hybridized carbons (Fsp3) is 0.200. The molecule has 0 saturated carbocycles. The molecule has 0 radical (unpaired) electrons. The van der Waals surface area contributed by atoms with Gasteiger partial charge < -0.3 is 9.84 Å². The number of hydrogen-bond acceptors (Lipinski definition) is 2. The largest absolute Gasteiger partial charge is 0.496 e. The van der Waals surface area contributed by atoms with Gasteiger partial charge in [-0.25, -0.2) is 0 Å². The molecule has 0 heterocycles. The van der Waals surface area contributed by atoms with Crippen molar-refractivity contribution in [2.24, 2.45) is 0 Å². The van der Waals surface area contributed by atoms with Crippen LogP contribution in [0.1, 0.15) is 17.2 Å². The lowest BCUT2D eigenvalue weighted by Crippen LogP contribution is -2.02. The number of aliphatic hydroxyl groups is 1. The molecule has 0 bridgehead atoms. The Morgan fingerprint density at radius 1 is 1.21 bits per heavy atom. The molecule has 0 aliphatic carbocycles. The minimum absolute atomic E-state index is 0.489. The fourth-order valence-corrected chi connectivity index (χ4v) is 2.81. The van der Waals surface area contributed by atoms with Crippen LogP contribution in [0.3, 0.4) is 0 Å². The van der Waals surface area contributed by atoms with E-state index < -0.39 is 6.10 Å². The number of aliphatic hydroxyl groups excluding tert-OH is 1. The second kappa shape index (κ2) is 6.72. The van der Waals surface area contributed by atoms with Gasteiger partial charge in [-0.05, 0) is 73.9 Å². The molecule has 2 aromatic rings. The fourth-order valence-electron chi connectivity index (χ4n) is 1.86. The van der Waals surface area contributed by atoms with Gasteiger partial charge in [0.15, 0.2) is 0 Å². The lowest BCUT2D eigenvalue weighted by atomic mass is 10.0. The Bertz CT molecular complexity index is 555. The summed E-state index contributed by atoms with van der Waals surface area (Å²) in [4.78, 5) is 0. The molecular weight excluding hydrogens is 419 g/mol. The van der Waals surface area contributed by atoms with E-state index in [-0.39, 0.29) is 0 Å². The summed E-state index contributed by atoms with van der Waals surface area (Å²) in [5.41, 5.74) is 2.01. The van der Waals surface area contributed by atoms with Crippen molar-refractivity contribution < 1.29 is 9.84 Å². The molecule has 2 aromatic carbocycles. The Morgan fingerprint density at radius 3 is 2.47 bits per heavy atom. The first kappa shape index (κ1) is 14.8. The van der Waals surface area contributed by atoms with Gasteiger partial charge in [0, 0.05) is 9.99 Å². The smallest absolute Gasteiger partial charge is 0.133 e. The quantitative estimate of drug-likeness (QED) is 0.728. The second-order valence-electron chi connectivity index (χ2n) is 4.24. The minimum Gasteiger partial charge on any atom is -0.496 e. The average Bonchev–Trinajstić information content (AvgIpc) is 2.39. The standard InChI is InChI=1S/C15H14BrIO2/c1-19-15-7-2-10(8-13(15)16)9-14(18)11-3-5-12(17)6-4-11/h2-8,14,18H,9H2,1H3. The number of rotatable bonds is 4. The molecule has 2 nitrogen and oxygen atoms in total. The van der Waals surface area contributed by atoms with E-state index in [1.807, 2.05) is 42.5 Å². The van der Waals surface area contributed by atoms with Crippen molar-refractivity contribution in [3.63, 3.8) is 0 Å². The highest BCUT2D eigenvalue weighted by Gasteiger charge is 2.10. The Labute approximate surface area is 135 Å². The predicted octanol–water partition coefficient (Wildman–Crippen LogP) is 4.34.